The third kappa shape index (κ3) is 5.26. The maximum absolute atomic E-state index is 14.9. The number of aliphatic hydroxyl groups is 1. The van der Waals surface area contributed by atoms with E-state index in [4.69, 9.17) is 5.73 Å². The van der Waals surface area contributed by atoms with Gasteiger partial charge in [0.1, 0.15) is 17.5 Å². The molecular weight excluding hydrogens is 440 g/mol. The van der Waals surface area contributed by atoms with Gasteiger partial charge in [-0.15, -0.1) is 0 Å². The molecule has 0 saturated carbocycles. The van der Waals surface area contributed by atoms with Crippen molar-refractivity contribution in [3.05, 3.63) is 89.6 Å². The number of aromatic nitrogens is 3. The lowest BCUT2D eigenvalue weighted by Gasteiger charge is -2.19. The lowest BCUT2D eigenvalue weighted by molar-refractivity contribution is 0.0930. The number of carbonyl (C=O) groups excluding carboxylic acids is 1. The molecule has 1 atom stereocenters. The molecule has 0 spiro atoms. The van der Waals surface area contributed by atoms with Crippen LogP contribution in [-0.2, 0) is 6.42 Å². The molecular formula is C25H23F2N5O2. The Kier molecular flexibility index (Phi) is 6.93. The summed E-state index contributed by atoms with van der Waals surface area (Å²) in [5.41, 5.74) is 8.00. The number of H-pyrrole nitrogens is 1. The molecule has 2 aromatic carbocycles. The fraction of sp³-hybridized carbons (Fsp3) is 0.160. The quantitative estimate of drug-likeness (QED) is 0.318. The van der Waals surface area contributed by atoms with E-state index in [2.05, 4.69) is 20.5 Å². The maximum Gasteiger partial charge on any atom is 0.252 e. The van der Waals surface area contributed by atoms with Gasteiger partial charge in [0.2, 0.25) is 0 Å². The van der Waals surface area contributed by atoms with Gasteiger partial charge in [0.05, 0.1) is 17.0 Å². The second kappa shape index (κ2) is 10.2. The minimum absolute atomic E-state index is 0.0608. The highest BCUT2D eigenvalue weighted by Gasteiger charge is 2.22. The number of halogens is 2. The summed E-state index contributed by atoms with van der Waals surface area (Å²) in [5, 5.41) is 19.3. The molecule has 4 rings (SSSR count). The first-order chi connectivity index (χ1) is 16.4. The van der Waals surface area contributed by atoms with Gasteiger partial charge in [-0.2, -0.15) is 5.10 Å². The van der Waals surface area contributed by atoms with Crippen molar-refractivity contribution < 1.29 is 18.7 Å². The Hall–Kier alpha value is -4.11. The highest BCUT2D eigenvalue weighted by atomic mass is 19.1. The smallest absolute Gasteiger partial charge is 0.252 e. The fourth-order valence-electron chi connectivity index (χ4n) is 3.71. The van der Waals surface area contributed by atoms with Gasteiger partial charge in [-0.25, -0.2) is 13.8 Å². The number of benzene rings is 2. The van der Waals surface area contributed by atoms with E-state index < -0.39 is 17.8 Å². The van der Waals surface area contributed by atoms with Gasteiger partial charge in [-0.1, -0.05) is 12.1 Å². The summed E-state index contributed by atoms with van der Waals surface area (Å²) in [5.74, 6) is -1.12. The Bertz CT molecular complexity index is 1290. The van der Waals surface area contributed by atoms with Gasteiger partial charge in [0.25, 0.3) is 5.91 Å². The van der Waals surface area contributed by atoms with Crippen molar-refractivity contribution in [2.75, 3.05) is 12.3 Å². The van der Waals surface area contributed by atoms with Crippen LogP contribution in [0.3, 0.4) is 0 Å². The molecule has 0 saturated heterocycles. The van der Waals surface area contributed by atoms with Crippen LogP contribution >= 0.6 is 0 Å². The Labute approximate surface area is 194 Å². The first-order valence-electron chi connectivity index (χ1n) is 10.7. The van der Waals surface area contributed by atoms with Gasteiger partial charge >= 0.3 is 0 Å². The summed E-state index contributed by atoms with van der Waals surface area (Å²) < 4.78 is 28.1. The highest BCUT2D eigenvalue weighted by molar-refractivity contribution is 6.01. The minimum Gasteiger partial charge on any atom is -0.396 e. The van der Waals surface area contributed by atoms with Crippen molar-refractivity contribution in [2.24, 2.45) is 0 Å². The summed E-state index contributed by atoms with van der Waals surface area (Å²) >= 11 is 0. The summed E-state index contributed by atoms with van der Waals surface area (Å²) in [6.45, 7) is -0.148. The third-order valence-corrected chi connectivity index (χ3v) is 5.34. The first kappa shape index (κ1) is 23.1. The molecule has 174 valence electrons. The highest BCUT2D eigenvalue weighted by Crippen LogP contribution is 2.29. The lowest BCUT2D eigenvalue weighted by Crippen LogP contribution is -2.37. The number of amides is 1. The number of hydrogen-bond donors (Lipinski definition) is 4. The summed E-state index contributed by atoms with van der Waals surface area (Å²) in [4.78, 5) is 17.4. The Balaban J connectivity index is 1.60. The number of nitrogens with two attached hydrogens (primary N) is 1. The van der Waals surface area contributed by atoms with Crippen LogP contribution in [-0.4, -0.2) is 38.8 Å². The first-order valence-corrected chi connectivity index (χ1v) is 10.7. The Morgan fingerprint density at radius 3 is 2.59 bits per heavy atom. The standard InChI is InChI=1S/C25H23F2N5O2/c26-16-9-7-15(8-10-16)21-14-22(32-31-21)24-19(4-2-5-20(24)27)25(34)30-18(11-12-33)13-17-3-1-6-23(28)29-17/h1-10,14,18,33H,11-13H2,(H2,28,29)(H,30,34)(H,31,32)/t18-/m0/s1. The summed E-state index contributed by atoms with van der Waals surface area (Å²) in [6, 6.07) is 16.3. The molecule has 0 aliphatic heterocycles. The van der Waals surface area contributed by atoms with Crippen LogP contribution in [0.5, 0.6) is 0 Å². The van der Waals surface area contributed by atoms with Crippen molar-refractivity contribution in [2.45, 2.75) is 18.9 Å². The molecule has 0 aliphatic rings. The van der Waals surface area contributed by atoms with Crippen LogP contribution in [0.25, 0.3) is 22.5 Å². The van der Waals surface area contributed by atoms with E-state index in [0.29, 0.717) is 34.9 Å². The van der Waals surface area contributed by atoms with Crippen molar-refractivity contribution >= 4 is 11.7 Å². The topological polar surface area (TPSA) is 117 Å². The SMILES string of the molecule is Nc1cccc(C[C@H](CCO)NC(=O)c2cccc(F)c2-c2cc(-c3ccc(F)cc3)n[nH]2)n1. The zero-order chi connectivity index (χ0) is 24.1. The van der Waals surface area contributed by atoms with Crippen LogP contribution in [0.1, 0.15) is 22.5 Å². The molecule has 0 unspecified atom stereocenters. The van der Waals surface area contributed by atoms with Crippen molar-refractivity contribution in [3.63, 3.8) is 0 Å². The van der Waals surface area contributed by atoms with Gasteiger partial charge in [-0.05, 0) is 61.0 Å². The van der Waals surface area contributed by atoms with Crippen LogP contribution in [0.4, 0.5) is 14.6 Å². The van der Waals surface area contributed by atoms with E-state index in [1.54, 1.807) is 36.4 Å². The molecule has 2 heterocycles. The molecule has 7 nitrogen and oxygen atoms in total. The number of aliphatic hydroxyl groups excluding tert-OH is 1. The van der Waals surface area contributed by atoms with Crippen LogP contribution in [0.15, 0.2) is 66.7 Å². The van der Waals surface area contributed by atoms with E-state index >= 15 is 0 Å². The van der Waals surface area contributed by atoms with E-state index in [1.165, 1.54) is 30.3 Å². The van der Waals surface area contributed by atoms with Gasteiger partial charge in [0, 0.05) is 35.9 Å². The molecule has 5 N–H and O–H groups in total. The lowest BCUT2D eigenvalue weighted by atomic mass is 10.0. The normalized spacial score (nSPS) is 11.9. The zero-order valence-electron chi connectivity index (χ0n) is 18.1. The summed E-state index contributed by atoms with van der Waals surface area (Å²) in [6.07, 6.45) is 0.631. The number of carbonyl (C=O) groups is 1. The van der Waals surface area contributed by atoms with E-state index in [-0.39, 0.29) is 30.0 Å². The van der Waals surface area contributed by atoms with Crippen molar-refractivity contribution in [3.8, 4) is 22.5 Å². The predicted octanol–water partition coefficient (Wildman–Crippen LogP) is 3.72. The van der Waals surface area contributed by atoms with Crippen LogP contribution in [0.2, 0.25) is 0 Å². The monoisotopic (exact) mass is 463 g/mol. The Morgan fingerprint density at radius 2 is 1.85 bits per heavy atom. The minimum atomic E-state index is -0.599. The predicted molar refractivity (Wildman–Crippen MR) is 125 cm³/mol. The molecule has 4 aromatic rings. The maximum atomic E-state index is 14.9. The molecule has 2 aromatic heterocycles. The number of nitrogens with zero attached hydrogens (tertiary/aromatic N) is 2. The fourth-order valence-corrected chi connectivity index (χ4v) is 3.71. The Morgan fingerprint density at radius 1 is 1.09 bits per heavy atom. The zero-order valence-corrected chi connectivity index (χ0v) is 18.1. The molecule has 34 heavy (non-hydrogen) atoms. The molecule has 0 radical (unpaired) electrons. The van der Waals surface area contributed by atoms with E-state index in [1.807, 2.05) is 0 Å². The number of nitrogen functional groups attached to an aromatic ring is 1. The average Bonchev–Trinajstić information content (AvgIpc) is 3.29. The second-order valence-corrected chi connectivity index (χ2v) is 7.78. The summed E-state index contributed by atoms with van der Waals surface area (Å²) in [7, 11) is 0. The van der Waals surface area contributed by atoms with Gasteiger partial charge < -0.3 is 16.2 Å². The molecule has 0 aliphatic carbocycles. The van der Waals surface area contributed by atoms with Crippen LogP contribution in [0, 0.1) is 11.6 Å². The van der Waals surface area contributed by atoms with Gasteiger partial charge in [-0.3, -0.25) is 9.89 Å². The number of aromatic amines is 1. The second-order valence-electron chi connectivity index (χ2n) is 7.78. The number of nitrogens with one attached hydrogen (secondary N) is 2. The molecule has 9 heteroatoms. The number of anilines is 1. The molecule has 0 fully saturated rings. The van der Waals surface area contributed by atoms with Crippen molar-refractivity contribution in [1.82, 2.24) is 20.5 Å². The largest absolute Gasteiger partial charge is 0.396 e. The van der Waals surface area contributed by atoms with E-state index in [9.17, 15) is 18.7 Å². The molecule has 1 amide bonds. The average molecular weight is 463 g/mol. The molecule has 0 bridgehead atoms. The van der Waals surface area contributed by atoms with Gasteiger partial charge in [0.15, 0.2) is 0 Å². The van der Waals surface area contributed by atoms with Crippen LogP contribution < -0.4 is 11.1 Å². The number of rotatable bonds is 8. The van der Waals surface area contributed by atoms with Crippen molar-refractivity contribution in [1.29, 1.82) is 0 Å². The van der Waals surface area contributed by atoms with E-state index in [0.717, 1.165) is 0 Å². The number of pyridine rings is 1. The third-order valence-electron chi connectivity index (χ3n) is 5.34. The number of hydrogen-bond acceptors (Lipinski definition) is 5.